The lowest BCUT2D eigenvalue weighted by Gasteiger charge is -2.28. The van der Waals surface area contributed by atoms with Crippen molar-refractivity contribution in [2.24, 2.45) is 0 Å². The van der Waals surface area contributed by atoms with E-state index in [9.17, 15) is 10.2 Å². The molecule has 0 aromatic rings. The van der Waals surface area contributed by atoms with Crippen LogP contribution in [-0.2, 0) is 18.9 Å². The topological polar surface area (TPSA) is 77.4 Å². The van der Waals surface area contributed by atoms with E-state index in [0.717, 1.165) is 12.8 Å². The molecule has 0 aromatic heterocycles. The molecule has 2 fully saturated rings. The van der Waals surface area contributed by atoms with Gasteiger partial charge in [-0.15, -0.1) is 0 Å². The van der Waals surface area contributed by atoms with E-state index in [2.05, 4.69) is 6.92 Å². The molecule has 2 aliphatic rings. The first kappa shape index (κ1) is 23.0. The third-order valence-electron chi connectivity index (χ3n) is 5.40. The number of fused-ring (bicyclic) bond motifs is 1. The minimum absolute atomic E-state index is 0.366. The lowest BCUT2D eigenvalue weighted by atomic mass is 10.1. The van der Waals surface area contributed by atoms with E-state index >= 15 is 0 Å². The van der Waals surface area contributed by atoms with Gasteiger partial charge in [-0.25, -0.2) is 0 Å². The average molecular weight is 389 g/mol. The van der Waals surface area contributed by atoms with Gasteiger partial charge in [-0.1, -0.05) is 64.7 Å². The minimum Gasteiger partial charge on any atom is -0.394 e. The Morgan fingerprint density at radius 3 is 2.11 bits per heavy atom. The zero-order valence-electron chi connectivity index (χ0n) is 17.4. The van der Waals surface area contributed by atoms with Crippen LogP contribution in [0.2, 0.25) is 0 Å². The van der Waals surface area contributed by atoms with Crippen LogP contribution in [0, 0.1) is 0 Å². The number of hydrogen-bond acceptors (Lipinski definition) is 6. The molecule has 0 aliphatic carbocycles. The highest BCUT2D eigenvalue weighted by Gasteiger charge is 2.56. The van der Waals surface area contributed by atoms with Gasteiger partial charge in [0, 0.05) is 6.61 Å². The van der Waals surface area contributed by atoms with E-state index in [1.165, 1.54) is 51.4 Å². The fraction of sp³-hybridized carbons (Fsp3) is 1.00. The zero-order chi connectivity index (χ0) is 19.7. The summed E-state index contributed by atoms with van der Waals surface area (Å²) in [5.41, 5.74) is 0. The van der Waals surface area contributed by atoms with Crippen LogP contribution in [0.25, 0.3) is 0 Å². The summed E-state index contributed by atoms with van der Waals surface area (Å²) in [5, 5.41) is 19.3. The lowest BCUT2D eigenvalue weighted by molar-refractivity contribution is -0.231. The second-order valence-electron chi connectivity index (χ2n) is 8.34. The van der Waals surface area contributed by atoms with Gasteiger partial charge >= 0.3 is 0 Å². The molecule has 2 rings (SSSR count). The van der Waals surface area contributed by atoms with Crippen molar-refractivity contribution in [3.8, 4) is 0 Å². The maximum absolute atomic E-state index is 10.0. The van der Waals surface area contributed by atoms with Gasteiger partial charge in [0.2, 0.25) is 0 Å². The van der Waals surface area contributed by atoms with Crippen molar-refractivity contribution in [2.45, 2.75) is 121 Å². The Kier molecular flexibility index (Phi) is 9.97. The van der Waals surface area contributed by atoms with Gasteiger partial charge in [-0.05, 0) is 20.3 Å². The largest absolute Gasteiger partial charge is 0.394 e. The van der Waals surface area contributed by atoms with Crippen LogP contribution in [0.3, 0.4) is 0 Å². The summed E-state index contributed by atoms with van der Waals surface area (Å²) in [7, 11) is 0. The third-order valence-corrected chi connectivity index (χ3v) is 5.40. The Morgan fingerprint density at radius 2 is 1.52 bits per heavy atom. The van der Waals surface area contributed by atoms with Gasteiger partial charge in [0.1, 0.15) is 24.4 Å². The maximum atomic E-state index is 10.0. The highest BCUT2D eigenvalue weighted by Crippen LogP contribution is 2.39. The summed E-state index contributed by atoms with van der Waals surface area (Å²) in [6, 6.07) is 0. The fourth-order valence-electron chi connectivity index (χ4n) is 3.92. The number of rotatable bonds is 14. The van der Waals surface area contributed by atoms with Gasteiger partial charge in [0.05, 0.1) is 6.61 Å². The molecular weight excluding hydrogens is 348 g/mol. The van der Waals surface area contributed by atoms with E-state index in [1.807, 2.05) is 13.8 Å². The molecule has 2 saturated heterocycles. The molecule has 0 radical (unpaired) electrons. The van der Waals surface area contributed by atoms with E-state index in [-0.39, 0.29) is 12.7 Å². The monoisotopic (exact) mass is 388 g/mol. The molecule has 0 aromatic carbocycles. The van der Waals surface area contributed by atoms with Crippen molar-refractivity contribution in [1.82, 2.24) is 0 Å². The van der Waals surface area contributed by atoms with Crippen molar-refractivity contribution in [2.75, 3.05) is 13.2 Å². The second-order valence-corrected chi connectivity index (χ2v) is 8.34. The molecule has 6 nitrogen and oxygen atoms in total. The average Bonchev–Trinajstić information content (AvgIpc) is 3.11. The van der Waals surface area contributed by atoms with Gasteiger partial charge in [-0.2, -0.15) is 0 Å². The molecule has 0 amide bonds. The third kappa shape index (κ3) is 7.26. The molecule has 0 spiro atoms. The number of aliphatic hydroxyl groups is 2. The standard InChI is InChI=1S/C21H40O6/c1-4-5-6-7-8-9-10-11-12-13-14-24-18-17(16(23)15-22)25-20-19(18)26-21(2,3)27-20/h16-20,22-23H,4-15H2,1-3H3/t16-,17-,18+,19-,20-/m1/s1. The van der Waals surface area contributed by atoms with E-state index in [4.69, 9.17) is 18.9 Å². The van der Waals surface area contributed by atoms with E-state index < -0.39 is 30.4 Å². The summed E-state index contributed by atoms with van der Waals surface area (Å²) < 4.78 is 23.4. The number of unbranched alkanes of at least 4 members (excludes halogenated alkanes) is 9. The van der Waals surface area contributed by atoms with Crippen LogP contribution in [-0.4, -0.2) is 59.9 Å². The number of aliphatic hydroxyl groups excluding tert-OH is 2. The van der Waals surface area contributed by atoms with E-state index in [0.29, 0.717) is 6.61 Å². The SMILES string of the molecule is CCCCCCCCCCCCO[C@@H]1[C@H]2OC(C)(C)O[C@H]2O[C@@H]1[C@H](O)CO. The first-order valence-electron chi connectivity index (χ1n) is 10.9. The molecule has 5 atom stereocenters. The first-order valence-corrected chi connectivity index (χ1v) is 10.9. The molecule has 2 N–H and O–H groups in total. The molecule has 0 saturated carbocycles. The lowest BCUT2D eigenvalue weighted by Crippen LogP contribution is -2.44. The minimum atomic E-state index is -0.997. The number of hydrogen-bond donors (Lipinski definition) is 2. The quantitative estimate of drug-likeness (QED) is 0.443. The molecule has 0 unspecified atom stereocenters. The first-order chi connectivity index (χ1) is 13.0. The van der Waals surface area contributed by atoms with Crippen LogP contribution < -0.4 is 0 Å². The van der Waals surface area contributed by atoms with Gasteiger partial charge in [-0.3, -0.25) is 0 Å². The predicted molar refractivity (Wildman–Crippen MR) is 103 cm³/mol. The summed E-state index contributed by atoms with van der Waals surface area (Å²) in [4.78, 5) is 0. The summed E-state index contributed by atoms with van der Waals surface area (Å²) in [6.07, 6.45) is 9.79. The second kappa shape index (κ2) is 11.7. The molecule has 0 bridgehead atoms. The molecule has 6 heteroatoms. The van der Waals surface area contributed by atoms with Crippen molar-refractivity contribution in [3.05, 3.63) is 0 Å². The summed E-state index contributed by atoms with van der Waals surface area (Å²) in [5.74, 6) is -0.719. The molecule has 2 aliphatic heterocycles. The van der Waals surface area contributed by atoms with Crippen LogP contribution in [0.5, 0.6) is 0 Å². The maximum Gasteiger partial charge on any atom is 0.190 e. The normalized spacial score (nSPS) is 30.6. The van der Waals surface area contributed by atoms with Gasteiger partial charge < -0.3 is 29.2 Å². The number of ether oxygens (including phenoxy) is 4. The summed E-state index contributed by atoms with van der Waals surface area (Å²) in [6.45, 7) is 6.16. The Bertz CT molecular complexity index is 402. The predicted octanol–water partition coefficient (Wildman–Crippen LogP) is 3.52. The fourth-order valence-corrected chi connectivity index (χ4v) is 3.92. The van der Waals surface area contributed by atoms with Gasteiger partial charge in [0.25, 0.3) is 0 Å². The Morgan fingerprint density at radius 1 is 0.926 bits per heavy atom. The Labute approximate surface area is 164 Å². The highest BCUT2D eigenvalue weighted by molar-refractivity contribution is 4.96. The van der Waals surface area contributed by atoms with Crippen molar-refractivity contribution < 1.29 is 29.2 Å². The molecule has 160 valence electrons. The van der Waals surface area contributed by atoms with Crippen LogP contribution >= 0.6 is 0 Å². The molecule has 2 heterocycles. The zero-order valence-corrected chi connectivity index (χ0v) is 17.4. The van der Waals surface area contributed by atoms with Crippen LogP contribution in [0.15, 0.2) is 0 Å². The van der Waals surface area contributed by atoms with Crippen molar-refractivity contribution in [1.29, 1.82) is 0 Å². The van der Waals surface area contributed by atoms with E-state index in [1.54, 1.807) is 0 Å². The Balaban J connectivity index is 1.61. The Hall–Kier alpha value is -0.240. The van der Waals surface area contributed by atoms with Crippen molar-refractivity contribution >= 4 is 0 Å². The highest BCUT2D eigenvalue weighted by atomic mass is 16.8. The smallest absolute Gasteiger partial charge is 0.190 e. The summed E-state index contributed by atoms with van der Waals surface area (Å²) >= 11 is 0. The van der Waals surface area contributed by atoms with Crippen LogP contribution in [0.1, 0.15) is 85.0 Å². The van der Waals surface area contributed by atoms with Crippen LogP contribution in [0.4, 0.5) is 0 Å². The molecular formula is C21H40O6. The molecule has 27 heavy (non-hydrogen) atoms. The van der Waals surface area contributed by atoms with Gasteiger partial charge in [0.15, 0.2) is 12.1 Å². The van der Waals surface area contributed by atoms with Crippen molar-refractivity contribution in [3.63, 3.8) is 0 Å².